The summed E-state index contributed by atoms with van der Waals surface area (Å²) in [6.45, 7) is 0.654. The van der Waals surface area contributed by atoms with Crippen LogP contribution in [0.2, 0.25) is 0 Å². The van der Waals surface area contributed by atoms with Gasteiger partial charge in [-0.05, 0) is 0 Å². The van der Waals surface area contributed by atoms with E-state index >= 15 is 0 Å². The van der Waals surface area contributed by atoms with E-state index in [1.165, 1.54) is 0 Å². The maximum absolute atomic E-state index is 11.2. The summed E-state index contributed by atoms with van der Waals surface area (Å²) >= 11 is 0. The van der Waals surface area contributed by atoms with E-state index in [0.717, 1.165) is 13.8 Å². The van der Waals surface area contributed by atoms with Gasteiger partial charge in [0.25, 0.3) is 0 Å². The number of hydrogen-bond donors (Lipinski definition) is 0. The summed E-state index contributed by atoms with van der Waals surface area (Å²) in [7, 11) is 0. The van der Waals surface area contributed by atoms with Gasteiger partial charge in [-0.2, -0.15) is 0 Å². The second kappa shape index (κ2) is 3.96. The largest absolute Gasteiger partial charge is 0.496 e. The minimum atomic E-state index is -2.54. The Morgan fingerprint density at radius 3 is 1.47 bits per heavy atom. The van der Waals surface area contributed by atoms with Crippen LogP contribution in [0.3, 0.4) is 0 Å². The molecule has 10 nitrogen and oxygen atoms in total. The number of hydrazine groups is 1. The van der Waals surface area contributed by atoms with E-state index in [2.05, 4.69) is 0 Å². The highest BCUT2D eigenvalue weighted by Crippen LogP contribution is 2.24. The fourth-order valence-corrected chi connectivity index (χ4v) is 1.56. The van der Waals surface area contributed by atoms with E-state index < -0.39 is 40.4 Å². The van der Waals surface area contributed by atoms with Gasteiger partial charge in [0, 0.05) is 13.8 Å². The summed E-state index contributed by atoms with van der Waals surface area (Å²) in [5, 5.41) is 23.0. The minimum absolute atomic E-state index is 0.661. The molecule has 0 aromatic rings. The zero-order valence-corrected chi connectivity index (χ0v) is 9.15. The molecule has 0 saturated carbocycles. The Balaban J connectivity index is 3.17. The summed E-state index contributed by atoms with van der Waals surface area (Å²) in [5.41, 5.74) is -2.54. The predicted molar refractivity (Wildman–Crippen MR) is 51.5 cm³/mol. The van der Waals surface area contributed by atoms with Crippen LogP contribution in [0.25, 0.3) is 0 Å². The Morgan fingerprint density at radius 2 is 1.29 bits per heavy atom. The molecule has 1 heterocycles. The van der Waals surface area contributed by atoms with Gasteiger partial charge in [0.2, 0.25) is 11.8 Å². The SMILES string of the molecule is CC(=O)N1CC([N+](=O)[O-])([N+](=O)[O-])CN1C(C)=O. The number of carbonyl (C=O) groups excluding carboxylic acids is 2. The van der Waals surface area contributed by atoms with Crippen LogP contribution in [-0.4, -0.2) is 50.4 Å². The zero-order chi connectivity index (χ0) is 13.4. The molecule has 0 aromatic heterocycles. The lowest BCUT2D eigenvalue weighted by Crippen LogP contribution is -2.51. The molecule has 1 rings (SSSR count). The van der Waals surface area contributed by atoms with Crippen molar-refractivity contribution in [2.24, 2.45) is 0 Å². The quantitative estimate of drug-likeness (QED) is 0.344. The van der Waals surface area contributed by atoms with Crippen LogP contribution >= 0.6 is 0 Å². The van der Waals surface area contributed by atoms with Gasteiger partial charge >= 0.3 is 5.66 Å². The Labute approximate surface area is 95.0 Å². The Kier molecular flexibility index (Phi) is 2.98. The van der Waals surface area contributed by atoms with Crippen LogP contribution in [-0.2, 0) is 9.59 Å². The van der Waals surface area contributed by atoms with Gasteiger partial charge in [-0.15, -0.1) is 0 Å². The van der Waals surface area contributed by atoms with Crippen LogP contribution < -0.4 is 0 Å². The number of carbonyl (C=O) groups is 2. The van der Waals surface area contributed by atoms with E-state index in [4.69, 9.17) is 0 Å². The van der Waals surface area contributed by atoms with Gasteiger partial charge in [-0.1, -0.05) is 0 Å². The summed E-state index contributed by atoms with van der Waals surface area (Å²) in [6, 6.07) is 0. The van der Waals surface area contributed by atoms with Crippen molar-refractivity contribution in [2.45, 2.75) is 19.5 Å². The topological polar surface area (TPSA) is 127 Å². The normalized spacial score (nSPS) is 18.0. The van der Waals surface area contributed by atoms with Crippen molar-refractivity contribution in [1.29, 1.82) is 0 Å². The standard InChI is InChI=1S/C7H10N4O6/c1-5(12)8-3-7(10(14)15,11(16)17)4-9(8)6(2)13/h3-4H2,1-2H3. The highest BCUT2D eigenvalue weighted by molar-refractivity contribution is 5.80. The summed E-state index contributed by atoms with van der Waals surface area (Å²) in [4.78, 5) is 41.8. The molecular weight excluding hydrogens is 236 g/mol. The number of hydrogen-bond acceptors (Lipinski definition) is 6. The third-order valence-electron chi connectivity index (χ3n) is 2.50. The van der Waals surface area contributed by atoms with Crippen LogP contribution in [0.15, 0.2) is 0 Å². The van der Waals surface area contributed by atoms with Crippen molar-refractivity contribution >= 4 is 11.8 Å². The van der Waals surface area contributed by atoms with Crippen molar-refractivity contribution in [3.63, 3.8) is 0 Å². The van der Waals surface area contributed by atoms with E-state index in [9.17, 15) is 29.8 Å². The van der Waals surface area contributed by atoms with Gasteiger partial charge in [-0.3, -0.25) is 29.8 Å². The first-order valence-electron chi connectivity index (χ1n) is 4.57. The van der Waals surface area contributed by atoms with Gasteiger partial charge in [0.1, 0.15) is 9.85 Å². The molecule has 0 atom stereocenters. The second-order valence-corrected chi connectivity index (χ2v) is 3.65. The van der Waals surface area contributed by atoms with Crippen LogP contribution in [0.1, 0.15) is 13.8 Å². The Hall–Kier alpha value is -2.26. The van der Waals surface area contributed by atoms with Gasteiger partial charge in [0.05, 0.1) is 0 Å². The third kappa shape index (κ3) is 1.88. The molecule has 0 N–H and O–H groups in total. The molecule has 0 spiro atoms. The first kappa shape index (κ1) is 12.8. The molecule has 1 aliphatic rings. The first-order chi connectivity index (χ1) is 7.72. The molecule has 1 aliphatic heterocycles. The monoisotopic (exact) mass is 246 g/mol. The van der Waals surface area contributed by atoms with Crippen molar-refractivity contribution < 1.29 is 19.4 Å². The van der Waals surface area contributed by atoms with Crippen molar-refractivity contribution in [2.75, 3.05) is 13.1 Å². The number of amides is 2. The molecule has 2 amide bonds. The number of nitro groups is 2. The summed E-state index contributed by atoms with van der Waals surface area (Å²) in [5.74, 6) is -1.32. The molecule has 0 aromatic carbocycles. The lowest BCUT2D eigenvalue weighted by molar-refractivity contribution is -0.788. The van der Waals surface area contributed by atoms with Crippen molar-refractivity contribution in [3.05, 3.63) is 20.2 Å². The average Bonchev–Trinajstić information content (AvgIpc) is 2.58. The highest BCUT2D eigenvalue weighted by atomic mass is 16.7. The zero-order valence-electron chi connectivity index (χ0n) is 9.15. The number of nitrogens with zero attached hydrogens (tertiary/aromatic N) is 4. The average molecular weight is 246 g/mol. The number of rotatable bonds is 2. The molecule has 1 fully saturated rings. The fraction of sp³-hybridized carbons (Fsp3) is 0.714. The lowest BCUT2D eigenvalue weighted by atomic mass is 10.2. The first-order valence-corrected chi connectivity index (χ1v) is 4.57. The molecule has 0 bridgehead atoms. The van der Waals surface area contributed by atoms with Crippen LogP contribution in [0, 0.1) is 20.2 Å². The Bertz CT molecular complexity index is 369. The molecule has 0 unspecified atom stereocenters. The minimum Gasteiger partial charge on any atom is -0.273 e. The molecule has 1 saturated heterocycles. The molecule has 0 aliphatic carbocycles. The Morgan fingerprint density at radius 1 is 1.00 bits per heavy atom. The van der Waals surface area contributed by atoms with E-state index in [0.29, 0.717) is 10.0 Å². The predicted octanol–water partition coefficient (Wildman–Crippen LogP) is -1.14. The van der Waals surface area contributed by atoms with Gasteiger partial charge in [0.15, 0.2) is 13.1 Å². The summed E-state index contributed by atoms with van der Waals surface area (Å²) in [6.07, 6.45) is 0. The smallest absolute Gasteiger partial charge is 0.273 e. The highest BCUT2D eigenvalue weighted by Gasteiger charge is 2.65. The maximum atomic E-state index is 11.2. The molecular formula is C7H10N4O6. The van der Waals surface area contributed by atoms with Crippen molar-refractivity contribution in [3.8, 4) is 0 Å². The molecule has 10 heteroatoms. The lowest BCUT2D eigenvalue weighted by Gasteiger charge is -2.22. The van der Waals surface area contributed by atoms with E-state index in [-0.39, 0.29) is 0 Å². The van der Waals surface area contributed by atoms with Crippen molar-refractivity contribution in [1.82, 2.24) is 10.0 Å². The van der Waals surface area contributed by atoms with E-state index in [1.807, 2.05) is 0 Å². The van der Waals surface area contributed by atoms with Crippen LogP contribution in [0.4, 0.5) is 0 Å². The van der Waals surface area contributed by atoms with Crippen LogP contribution in [0.5, 0.6) is 0 Å². The second-order valence-electron chi connectivity index (χ2n) is 3.65. The fourth-order valence-electron chi connectivity index (χ4n) is 1.56. The summed E-state index contributed by atoms with van der Waals surface area (Å²) < 4.78 is 0. The molecule has 94 valence electrons. The molecule has 0 radical (unpaired) electrons. The maximum Gasteiger partial charge on any atom is 0.496 e. The van der Waals surface area contributed by atoms with E-state index in [1.54, 1.807) is 0 Å². The molecule has 17 heavy (non-hydrogen) atoms. The van der Waals surface area contributed by atoms with Gasteiger partial charge < -0.3 is 0 Å². The van der Waals surface area contributed by atoms with Gasteiger partial charge in [-0.25, -0.2) is 10.0 Å². The third-order valence-corrected chi connectivity index (χ3v) is 2.50.